The van der Waals surface area contributed by atoms with Gasteiger partial charge in [-0.05, 0) is 30.3 Å². The average molecular weight is 317 g/mol. The Bertz CT molecular complexity index is 1020. The van der Waals surface area contributed by atoms with Gasteiger partial charge in [0.25, 0.3) is 5.91 Å². The van der Waals surface area contributed by atoms with Crippen LogP contribution in [-0.4, -0.2) is 33.1 Å². The Morgan fingerprint density at radius 2 is 2.04 bits per heavy atom. The molecule has 4 aromatic rings. The first-order valence-corrected chi connectivity index (χ1v) is 7.56. The summed E-state index contributed by atoms with van der Waals surface area (Å²) < 4.78 is 0. The number of H-pyrrole nitrogens is 2. The molecule has 1 amide bonds. The molecule has 0 aliphatic heterocycles. The predicted octanol–water partition coefficient (Wildman–Crippen LogP) is 2.98. The molecule has 24 heavy (non-hydrogen) atoms. The van der Waals surface area contributed by atoms with Crippen LogP contribution in [0.4, 0.5) is 0 Å². The number of nitrogens with one attached hydrogen (secondary N) is 3. The molecule has 6 heteroatoms. The Morgan fingerprint density at radius 1 is 1.12 bits per heavy atom. The van der Waals surface area contributed by atoms with Gasteiger partial charge in [-0.25, -0.2) is 4.98 Å². The van der Waals surface area contributed by atoms with Crippen LogP contribution in [0, 0.1) is 0 Å². The molecule has 2 aromatic carbocycles. The Labute approximate surface area is 137 Å². The lowest BCUT2D eigenvalue weighted by atomic mass is 10.0. The van der Waals surface area contributed by atoms with Gasteiger partial charge in [-0.2, -0.15) is 5.10 Å². The van der Waals surface area contributed by atoms with E-state index in [4.69, 9.17) is 0 Å². The van der Waals surface area contributed by atoms with Crippen molar-refractivity contribution >= 4 is 16.8 Å². The fourth-order valence-electron chi connectivity index (χ4n) is 2.76. The molecule has 0 aliphatic rings. The zero-order valence-electron chi connectivity index (χ0n) is 13.0. The number of nitrogens with zero attached hydrogens (tertiary/aromatic N) is 2. The van der Waals surface area contributed by atoms with Gasteiger partial charge in [0, 0.05) is 41.5 Å². The molecule has 0 saturated heterocycles. The number of rotatable bonds is 3. The van der Waals surface area contributed by atoms with Crippen molar-refractivity contribution in [2.24, 2.45) is 0 Å². The maximum atomic E-state index is 11.9. The van der Waals surface area contributed by atoms with Gasteiger partial charge in [-0.1, -0.05) is 12.1 Å². The number of hydrogen-bond acceptors (Lipinski definition) is 3. The van der Waals surface area contributed by atoms with E-state index in [0.717, 1.165) is 33.5 Å². The monoisotopic (exact) mass is 317 g/mol. The van der Waals surface area contributed by atoms with E-state index in [-0.39, 0.29) is 5.91 Å². The third-order valence-corrected chi connectivity index (χ3v) is 3.96. The highest BCUT2D eigenvalue weighted by molar-refractivity contribution is 5.98. The largest absolute Gasteiger partial charge is 0.355 e. The summed E-state index contributed by atoms with van der Waals surface area (Å²) in [7, 11) is 1.62. The summed E-state index contributed by atoms with van der Waals surface area (Å²) in [6.45, 7) is 0. The van der Waals surface area contributed by atoms with Crippen molar-refractivity contribution in [3.8, 4) is 22.6 Å². The fourth-order valence-corrected chi connectivity index (χ4v) is 2.76. The SMILES string of the molecule is CNC(=O)c1cccc(-c2n[nH]c3ccc(-c4ncc[nH]4)cc23)c1. The second kappa shape index (κ2) is 5.66. The van der Waals surface area contributed by atoms with Crippen molar-refractivity contribution < 1.29 is 4.79 Å². The zero-order chi connectivity index (χ0) is 16.5. The van der Waals surface area contributed by atoms with Crippen molar-refractivity contribution in [1.82, 2.24) is 25.5 Å². The quantitative estimate of drug-likeness (QED) is 0.543. The van der Waals surface area contributed by atoms with Crippen LogP contribution in [0.1, 0.15) is 10.4 Å². The van der Waals surface area contributed by atoms with Crippen LogP contribution in [0.3, 0.4) is 0 Å². The minimum absolute atomic E-state index is 0.118. The maximum absolute atomic E-state index is 11.9. The Balaban J connectivity index is 1.85. The third-order valence-electron chi connectivity index (χ3n) is 3.96. The van der Waals surface area contributed by atoms with Gasteiger partial charge in [-0.3, -0.25) is 9.89 Å². The van der Waals surface area contributed by atoms with Gasteiger partial charge < -0.3 is 10.3 Å². The number of benzene rings is 2. The molecule has 2 heterocycles. The summed E-state index contributed by atoms with van der Waals surface area (Å²) in [5.41, 5.74) is 4.22. The molecule has 0 bridgehead atoms. The lowest BCUT2D eigenvalue weighted by Crippen LogP contribution is -2.17. The first kappa shape index (κ1) is 14.2. The van der Waals surface area contributed by atoms with Gasteiger partial charge in [0.2, 0.25) is 0 Å². The standard InChI is InChI=1S/C18H15N5O/c1-19-18(24)13-4-2-3-11(9-13)16-14-10-12(17-20-7-8-21-17)5-6-15(14)22-23-16/h2-10H,1H3,(H,19,24)(H,20,21)(H,22,23). The van der Waals surface area contributed by atoms with E-state index in [1.54, 1.807) is 25.5 Å². The average Bonchev–Trinajstić information content (AvgIpc) is 3.30. The summed E-state index contributed by atoms with van der Waals surface area (Å²) >= 11 is 0. The smallest absolute Gasteiger partial charge is 0.251 e. The number of imidazole rings is 1. The normalized spacial score (nSPS) is 10.9. The molecule has 0 aliphatic carbocycles. The van der Waals surface area contributed by atoms with Gasteiger partial charge in [0.05, 0.1) is 11.2 Å². The van der Waals surface area contributed by atoms with Crippen LogP contribution in [-0.2, 0) is 0 Å². The lowest BCUT2D eigenvalue weighted by Gasteiger charge is -2.03. The fraction of sp³-hybridized carbons (Fsp3) is 0.0556. The maximum Gasteiger partial charge on any atom is 0.251 e. The number of carbonyl (C=O) groups excluding carboxylic acids is 1. The van der Waals surface area contributed by atoms with Crippen LogP contribution >= 0.6 is 0 Å². The molecule has 2 aromatic heterocycles. The van der Waals surface area contributed by atoms with Crippen LogP contribution in [0.2, 0.25) is 0 Å². The molecule has 0 atom stereocenters. The molecular formula is C18H15N5O. The van der Waals surface area contributed by atoms with Crippen molar-refractivity contribution in [3.63, 3.8) is 0 Å². The van der Waals surface area contributed by atoms with Crippen molar-refractivity contribution in [3.05, 3.63) is 60.4 Å². The van der Waals surface area contributed by atoms with E-state index >= 15 is 0 Å². The summed E-state index contributed by atoms with van der Waals surface area (Å²) in [6, 6.07) is 13.4. The molecule has 4 rings (SSSR count). The Kier molecular flexibility index (Phi) is 3.35. The topological polar surface area (TPSA) is 86.5 Å². The van der Waals surface area contributed by atoms with Gasteiger partial charge >= 0.3 is 0 Å². The molecule has 0 fully saturated rings. The van der Waals surface area contributed by atoms with E-state index in [0.29, 0.717) is 5.56 Å². The Hall–Kier alpha value is -3.41. The highest BCUT2D eigenvalue weighted by Crippen LogP contribution is 2.29. The molecule has 6 nitrogen and oxygen atoms in total. The number of aromatic amines is 2. The van der Waals surface area contributed by atoms with E-state index in [1.165, 1.54) is 0 Å². The minimum Gasteiger partial charge on any atom is -0.355 e. The van der Waals surface area contributed by atoms with E-state index < -0.39 is 0 Å². The number of hydrogen-bond donors (Lipinski definition) is 3. The third kappa shape index (κ3) is 2.34. The highest BCUT2D eigenvalue weighted by atomic mass is 16.1. The summed E-state index contributed by atoms with van der Waals surface area (Å²) in [5, 5.41) is 11.1. The van der Waals surface area contributed by atoms with E-state index in [1.807, 2.05) is 36.4 Å². The van der Waals surface area contributed by atoms with Gasteiger partial charge in [-0.15, -0.1) is 0 Å². The second-order valence-electron chi connectivity index (χ2n) is 5.43. The summed E-state index contributed by atoms with van der Waals surface area (Å²) in [6.07, 6.45) is 3.52. The summed E-state index contributed by atoms with van der Waals surface area (Å²) in [5.74, 6) is 0.691. The number of aromatic nitrogens is 4. The van der Waals surface area contributed by atoms with Gasteiger partial charge in [0.15, 0.2) is 0 Å². The molecular weight excluding hydrogens is 302 g/mol. The zero-order valence-corrected chi connectivity index (χ0v) is 13.0. The minimum atomic E-state index is -0.118. The second-order valence-corrected chi connectivity index (χ2v) is 5.43. The first-order chi connectivity index (χ1) is 11.8. The predicted molar refractivity (Wildman–Crippen MR) is 92.5 cm³/mol. The molecule has 3 N–H and O–H groups in total. The summed E-state index contributed by atoms with van der Waals surface area (Å²) in [4.78, 5) is 19.3. The number of amides is 1. The first-order valence-electron chi connectivity index (χ1n) is 7.56. The Morgan fingerprint density at radius 3 is 2.83 bits per heavy atom. The van der Waals surface area contributed by atoms with Crippen LogP contribution in [0.5, 0.6) is 0 Å². The lowest BCUT2D eigenvalue weighted by molar-refractivity contribution is 0.0963. The molecule has 0 unspecified atom stereocenters. The van der Waals surface area contributed by atoms with Crippen molar-refractivity contribution in [2.45, 2.75) is 0 Å². The molecule has 118 valence electrons. The van der Waals surface area contributed by atoms with Crippen LogP contribution in [0.15, 0.2) is 54.9 Å². The van der Waals surface area contributed by atoms with Crippen LogP contribution < -0.4 is 5.32 Å². The number of carbonyl (C=O) groups is 1. The molecule has 0 spiro atoms. The molecule has 0 radical (unpaired) electrons. The van der Waals surface area contributed by atoms with Crippen molar-refractivity contribution in [1.29, 1.82) is 0 Å². The van der Waals surface area contributed by atoms with E-state index in [9.17, 15) is 4.79 Å². The molecule has 0 saturated carbocycles. The van der Waals surface area contributed by atoms with Crippen LogP contribution in [0.25, 0.3) is 33.5 Å². The van der Waals surface area contributed by atoms with E-state index in [2.05, 4.69) is 25.5 Å². The number of fused-ring (bicyclic) bond motifs is 1. The highest BCUT2D eigenvalue weighted by Gasteiger charge is 2.12. The van der Waals surface area contributed by atoms with Crippen molar-refractivity contribution in [2.75, 3.05) is 7.05 Å². The van der Waals surface area contributed by atoms with Gasteiger partial charge in [0.1, 0.15) is 5.82 Å².